The van der Waals surface area contributed by atoms with Crippen molar-refractivity contribution in [2.75, 3.05) is 48.9 Å². The maximum absolute atomic E-state index is 11.4. The summed E-state index contributed by atoms with van der Waals surface area (Å²) in [7, 11) is -3.00. The molecule has 2 aliphatic rings. The highest BCUT2D eigenvalue weighted by Gasteiger charge is 2.27. The SMILES string of the molecule is [C-]#[N+]c1ccc2nc(Nc3cnn(CCCS(C)(=O)=O)c3)nc(NC3CCC(N4CCOCC4)CC3)c2c1. The molecule has 1 aromatic carbocycles. The van der Waals surface area contributed by atoms with Crippen LogP contribution in [-0.4, -0.2) is 83.5 Å². The fourth-order valence-electron chi connectivity index (χ4n) is 5.24. The van der Waals surface area contributed by atoms with Crippen molar-refractivity contribution in [1.82, 2.24) is 24.6 Å². The summed E-state index contributed by atoms with van der Waals surface area (Å²) in [5, 5.41) is 12.0. The quantitative estimate of drug-likeness (QED) is 0.394. The molecule has 0 atom stereocenters. The van der Waals surface area contributed by atoms with Crippen LogP contribution in [0.2, 0.25) is 0 Å². The van der Waals surface area contributed by atoms with Gasteiger partial charge in [-0.1, -0.05) is 6.07 Å². The lowest BCUT2D eigenvalue weighted by atomic mass is 9.90. The van der Waals surface area contributed by atoms with Gasteiger partial charge in [-0.05, 0) is 44.2 Å². The number of morpholine rings is 1. The van der Waals surface area contributed by atoms with Crippen molar-refractivity contribution < 1.29 is 13.2 Å². The van der Waals surface area contributed by atoms with Crippen LogP contribution in [0.5, 0.6) is 0 Å². The second kappa shape index (κ2) is 11.6. The van der Waals surface area contributed by atoms with E-state index >= 15 is 0 Å². The second-order valence-electron chi connectivity index (χ2n) is 10.1. The van der Waals surface area contributed by atoms with E-state index in [0.29, 0.717) is 36.7 Å². The average Bonchev–Trinajstić information content (AvgIpc) is 3.35. The largest absolute Gasteiger partial charge is 0.379 e. The van der Waals surface area contributed by atoms with Crippen LogP contribution >= 0.6 is 0 Å². The third-order valence-electron chi connectivity index (χ3n) is 7.20. The minimum atomic E-state index is -3.00. The number of nitrogens with one attached hydrogen (secondary N) is 2. The predicted octanol–water partition coefficient (Wildman–Crippen LogP) is 3.61. The molecule has 0 unspecified atom stereocenters. The molecule has 3 heterocycles. The first kappa shape index (κ1) is 26.3. The topological polar surface area (TPSA) is 119 Å². The van der Waals surface area contributed by atoms with Crippen molar-refractivity contribution in [3.05, 3.63) is 42.0 Å². The molecule has 5 rings (SSSR count). The van der Waals surface area contributed by atoms with Crippen LogP contribution < -0.4 is 10.6 Å². The van der Waals surface area contributed by atoms with Crippen molar-refractivity contribution in [3.8, 4) is 0 Å². The number of benzene rings is 1. The molecule has 1 aliphatic carbocycles. The van der Waals surface area contributed by atoms with Crippen LogP contribution in [0.1, 0.15) is 32.1 Å². The number of ether oxygens (including phenoxy) is 1. The molecule has 0 radical (unpaired) electrons. The number of fused-ring (bicyclic) bond motifs is 1. The van der Waals surface area contributed by atoms with Gasteiger partial charge in [0.25, 0.3) is 0 Å². The third-order valence-corrected chi connectivity index (χ3v) is 8.23. The molecular weight excluding hydrogens is 504 g/mol. The first-order chi connectivity index (χ1) is 18.4. The lowest BCUT2D eigenvalue weighted by molar-refractivity contribution is 0.00791. The molecule has 1 saturated carbocycles. The summed E-state index contributed by atoms with van der Waals surface area (Å²) in [6.45, 7) is 11.6. The maximum atomic E-state index is 11.4. The van der Waals surface area contributed by atoms with E-state index in [4.69, 9.17) is 16.3 Å². The molecule has 0 spiro atoms. The van der Waals surface area contributed by atoms with Crippen molar-refractivity contribution in [3.63, 3.8) is 0 Å². The average molecular weight is 539 g/mol. The monoisotopic (exact) mass is 538 g/mol. The molecule has 12 heteroatoms. The fourth-order valence-corrected chi connectivity index (χ4v) is 5.89. The molecule has 0 bridgehead atoms. The first-order valence-corrected chi connectivity index (χ1v) is 15.2. The Labute approximate surface area is 223 Å². The highest BCUT2D eigenvalue weighted by Crippen LogP contribution is 2.31. The predicted molar refractivity (Wildman–Crippen MR) is 148 cm³/mol. The molecule has 1 aliphatic heterocycles. The summed E-state index contributed by atoms with van der Waals surface area (Å²) in [4.78, 5) is 15.6. The highest BCUT2D eigenvalue weighted by molar-refractivity contribution is 7.90. The molecule has 0 amide bonds. The maximum Gasteiger partial charge on any atom is 0.229 e. The first-order valence-electron chi connectivity index (χ1n) is 13.1. The van der Waals surface area contributed by atoms with Gasteiger partial charge in [0, 0.05) is 49.6 Å². The van der Waals surface area contributed by atoms with Crippen molar-refractivity contribution in [2.24, 2.45) is 0 Å². The van der Waals surface area contributed by atoms with Gasteiger partial charge >= 0.3 is 0 Å². The van der Waals surface area contributed by atoms with Gasteiger partial charge in [0.05, 0.1) is 42.9 Å². The number of aromatic nitrogens is 4. The normalized spacial score (nSPS) is 20.7. The highest BCUT2D eigenvalue weighted by atomic mass is 32.2. The summed E-state index contributed by atoms with van der Waals surface area (Å²) < 4.78 is 30.0. The van der Waals surface area contributed by atoms with Crippen molar-refractivity contribution in [1.29, 1.82) is 0 Å². The smallest absolute Gasteiger partial charge is 0.229 e. The Bertz CT molecular complexity index is 1400. The zero-order valence-electron chi connectivity index (χ0n) is 21.6. The Kier molecular flexibility index (Phi) is 8.06. The minimum absolute atomic E-state index is 0.124. The third kappa shape index (κ3) is 6.78. The molecule has 3 aromatic rings. The van der Waals surface area contributed by atoms with Crippen LogP contribution in [0.3, 0.4) is 0 Å². The molecule has 202 valence electrons. The summed E-state index contributed by atoms with van der Waals surface area (Å²) in [5.41, 5.74) is 2.02. The number of hydrogen-bond acceptors (Lipinski definition) is 9. The van der Waals surface area contributed by atoms with Crippen LogP contribution in [0.15, 0.2) is 30.6 Å². The zero-order chi connectivity index (χ0) is 26.5. The molecule has 38 heavy (non-hydrogen) atoms. The van der Waals surface area contributed by atoms with Gasteiger partial charge < -0.3 is 15.4 Å². The Hall–Kier alpha value is -3.27. The van der Waals surface area contributed by atoms with E-state index in [2.05, 4.69) is 30.5 Å². The minimum Gasteiger partial charge on any atom is -0.379 e. The summed E-state index contributed by atoms with van der Waals surface area (Å²) >= 11 is 0. The summed E-state index contributed by atoms with van der Waals surface area (Å²) in [6.07, 6.45) is 9.61. The van der Waals surface area contributed by atoms with Gasteiger partial charge in [-0.3, -0.25) is 9.58 Å². The standard InChI is InChI=1S/C26H34N8O3S/c1-27-20-6-9-24-23(16-20)25(29-19-4-7-22(8-5-19)33-11-13-37-14-12-33)32-26(31-24)30-21-17-28-34(18-21)10-3-15-38(2,35)36/h6,9,16-19,22H,3-5,7-8,10-15H2,2H3,(H2,29,30,31,32). The molecular formula is C26H34N8O3S. The molecule has 2 fully saturated rings. The second-order valence-corrected chi connectivity index (χ2v) is 12.4. The van der Waals surface area contributed by atoms with E-state index in [1.54, 1.807) is 16.9 Å². The number of sulfone groups is 1. The van der Waals surface area contributed by atoms with E-state index in [1.165, 1.54) is 6.26 Å². The number of hydrogen-bond donors (Lipinski definition) is 2. The van der Waals surface area contributed by atoms with Crippen molar-refractivity contribution >= 4 is 43.9 Å². The lowest BCUT2D eigenvalue weighted by Gasteiger charge is -2.39. The Balaban J connectivity index is 1.29. The van der Waals surface area contributed by atoms with Crippen LogP contribution in [-0.2, 0) is 21.1 Å². The van der Waals surface area contributed by atoms with Gasteiger partial charge in [-0.2, -0.15) is 10.1 Å². The number of anilines is 3. The van der Waals surface area contributed by atoms with Gasteiger partial charge in [-0.25, -0.2) is 18.2 Å². The van der Waals surface area contributed by atoms with Gasteiger partial charge in [0.15, 0.2) is 5.69 Å². The number of rotatable bonds is 9. The fraction of sp³-hybridized carbons (Fsp3) is 0.538. The van der Waals surface area contributed by atoms with Crippen LogP contribution in [0.4, 0.5) is 23.1 Å². The van der Waals surface area contributed by atoms with E-state index < -0.39 is 9.84 Å². The lowest BCUT2D eigenvalue weighted by Crippen LogP contribution is -2.46. The zero-order valence-corrected chi connectivity index (χ0v) is 22.5. The van der Waals surface area contributed by atoms with Crippen LogP contribution in [0, 0.1) is 6.57 Å². The molecule has 11 nitrogen and oxygen atoms in total. The van der Waals surface area contributed by atoms with Gasteiger partial charge in [0.1, 0.15) is 15.7 Å². The summed E-state index contributed by atoms with van der Waals surface area (Å²) in [6, 6.07) is 6.37. The summed E-state index contributed by atoms with van der Waals surface area (Å²) in [5.74, 6) is 1.28. The Morgan fingerprint density at radius 2 is 1.95 bits per heavy atom. The van der Waals surface area contributed by atoms with Crippen LogP contribution in [0.25, 0.3) is 15.7 Å². The molecule has 2 N–H and O–H groups in total. The molecule has 1 saturated heterocycles. The van der Waals surface area contributed by atoms with E-state index in [0.717, 1.165) is 74.4 Å². The molecule has 2 aromatic heterocycles. The van der Waals surface area contributed by atoms with Gasteiger partial charge in [-0.15, -0.1) is 0 Å². The van der Waals surface area contributed by atoms with Crippen molar-refractivity contribution in [2.45, 2.75) is 50.7 Å². The Morgan fingerprint density at radius 3 is 2.68 bits per heavy atom. The van der Waals surface area contributed by atoms with E-state index in [-0.39, 0.29) is 5.75 Å². The van der Waals surface area contributed by atoms with Gasteiger partial charge in [0.2, 0.25) is 5.95 Å². The van der Waals surface area contributed by atoms with E-state index in [1.807, 2.05) is 18.3 Å². The van der Waals surface area contributed by atoms with E-state index in [9.17, 15) is 8.42 Å². The Morgan fingerprint density at radius 1 is 1.16 bits per heavy atom. The number of aryl methyl sites for hydroxylation is 1. The number of nitrogens with zero attached hydrogens (tertiary/aromatic N) is 6.